The Bertz CT molecular complexity index is 383. The molecule has 1 aliphatic rings. The molecule has 1 saturated heterocycles. The van der Waals surface area contributed by atoms with Gasteiger partial charge in [-0.2, -0.15) is 0 Å². The molecule has 0 aliphatic carbocycles. The molecular weight excluding hydrogens is 238 g/mol. The second-order valence-corrected chi connectivity index (χ2v) is 5.40. The predicted molar refractivity (Wildman–Crippen MR) is 66.4 cm³/mol. The van der Waals surface area contributed by atoms with Crippen molar-refractivity contribution in [2.75, 3.05) is 19.7 Å². The first-order valence-corrected chi connectivity index (χ1v) is 6.71. The van der Waals surface area contributed by atoms with Gasteiger partial charge in [0, 0.05) is 13.2 Å². The van der Waals surface area contributed by atoms with Gasteiger partial charge in [0.1, 0.15) is 4.88 Å². The van der Waals surface area contributed by atoms with Crippen LogP contribution in [0.4, 0.5) is 0 Å². The third-order valence-electron chi connectivity index (χ3n) is 3.30. The van der Waals surface area contributed by atoms with E-state index in [9.17, 15) is 4.79 Å². The Labute approximate surface area is 104 Å². The molecule has 2 N–H and O–H groups in total. The van der Waals surface area contributed by atoms with Crippen LogP contribution >= 0.6 is 11.3 Å². The minimum atomic E-state index is -0.833. The lowest BCUT2D eigenvalue weighted by atomic mass is 9.97. The van der Waals surface area contributed by atoms with Crippen molar-refractivity contribution in [1.29, 1.82) is 0 Å². The van der Waals surface area contributed by atoms with Crippen molar-refractivity contribution in [3.05, 3.63) is 21.9 Å². The molecule has 0 saturated carbocycles. The number of likely N-dealkylation sites (tertiary alicyclic amines) is 1. The molecule has 94 valence electrons. The summed E-state index contributed by atoms with van der Waals surface area (Å²) < 4.78 is 0. The highest BCUT2D eigenvalue weighted by Gasteiger charge is 2.20. The number of thiophene rings is 1. The molecule has 1 aromatic rings. The second-order valence-electron chi connectivity index (χ2n) is 4.48. The van der Waals surface area contributed by atoms with Crippen molar-refractivity contribution in [2.45, 2.75) is 19.4 Å². The molecule has 0 bridgehead atoms. The summed E-state index contributed by atoms with van der Waals surface area (Å²) in [6.45, 7) is 2.87. The van der Waals surface area contributed by atoms with Gasteiger partial charge in [-0.3, -0.25) is 4.90 Å². The van der Waals surface area contributed by atoms with Crippen LogP contribution in [0.3, 0.4) is 0 Å². The third-order valence-corrected chi connectivity index (χ3v) is 4.24. The molecule has 5 heteroatoms. The Hall–Kier alpha value is -0.910. The fourth-order valence-electron chi connectivity index (χ4n) is 2.22. The average Bonchev–Trinajstić information content (AvgIpc) is 2.78. The Morgan fingerprint density at radius 2 is 2.18 bits per heavy atom. The number of carboxylic acids is 1. The van der Waals surface area contributed by atoms with Crippen LogP contribution in [0.5, 0.6) is 0 Å². The van der Waals surface area contributed by atoms with E-state index >= 15 is 0 Å². The summed E-state index contributed by atoms with van der Waals surface area (Å²) in [6, 6.07) is 1.90. The lowest BCUT2D eigenvalue weighted by Crippen LogP contribution is -2.34. The number of carboxylic acid groups (broad SMARTS) is 1. The van der Waals surface area contributed by atoms with Gasteiger partial charge in [0.15, 0.2) is 0 Å². The van der Waals surface area contributed by atoms with Gasteiger partial charge in [0.25, 0.3) is 0 Å². The first-order valence-electron chi connectivity index (χ1n) is 5.83. The third kappa shape index (κ3) is 3.06. The van der Waals surface area contributed by atoms with Crippen LogP contribution < -0.4 is 0 Å². The van der Waals surface area contributed by atoms with Gasteiger partial charge in [-0.05, 0) is 48.9 Å². The van der Waals surface area contributed by atoms with E-state index in [0.29, 0.717) is 17.3 Å². The van der Waals surface area contributed by atoms with E-state index in [-0.39, 0.29) is 6.61 Å². The molecule has 17 heavy (non-hydrogen) atoms. The maximum atomic E-state index is 11.0. The fourth-order valence-corrected chi connectivity index (χ4v) is 2.97. The van der Waals surface area contributed by atoms with E-state index in [1.165, 1.54) is 11.3 Å². The number of rotatable bonds is 4. The van der Waals surface area contributed by atoms with E-state index in [0.717, 1.165) is 31.5 Å². The summed E-state index contributed by atoms with van der Waals surface area (Å²) in [7, 11) is 0. The number of carbonyl (C=O) groups is 1. The highest BCUT2D eigenvalue weighted by Crippen LogP contribution is 2.22. The van der Waals surface area contributed by atoms with Gasteiger partial charge in [-0.1, -0.05) is 0 Å². The standard InChI is InChI=1S/C12H17NO3S/c14-8-9-1-4-13(5-2-9)7-10-3-6-17-11(10)12(15)16/h3,6,9,14H,1-2,4-5,7-8H2,(H,15,16). The molecule has 0 spiro atoms. The van der Waals surface area contributed by atoms with Gasteiger partial charge >= 0.3 is 5.97 Å². The summed E-state index contributed by atoms with van der Waals surface area (Å²) in [4.78, 5) is 13.7. The first kappa shape index (κ1) is 12.5. The number of hydrogen-bond donors (Lipinski definition) is 2. The normalized spacial score (nSPS) is 18.4. The molecule has 1 aliphatic heterocycles. The number of aliphatic hydroxyl groups is 1. The van der Waals surface area contributed by atoms with Crippen LogP contribution in [0.1, 0.15) is 28.1 Å². The number of aromatic carboxylic acids is 1. The number of nitrogens with zero attached hydrogens (tertiary/aromatic N) is 1. The van der Waals surface area contributed by atoms with Crippen molar-refractivity contribution in [1.82, 2.24) is 4.90 Å². The Morgan fingerprint density at radius 3 is 2.76 bits per heavy atom. The minimum Gasteiger partial charge on any atom is -0.477 e. The van der Waals surface area contributed by atoms with E-state index in [1.807, 2.05) is 11.4 Å². The predicted octanol–water partition coefficient (Wildman–Crippen LogP) is 1.65. The van der Waals surface area contributed by atoms with Gasteiger partial charge < -0.3 is 10.2 Å². The zero-order chi connectivity index (χ0) is 12.3. The molecule has 2 heterocycles. The monoisotopic (exact) mass is 255 g/mol. The largest absolute Gasteiger partial charge is 0.477 e. The number of aliphatic hydroxyl groups excluding tert-OH is 1. The molecule has 0 amide bonds. The van der Waals surface area contributed by atoms with E-state index in [1.54, 1.807) is 0 Å². The molecule has 0 aromatic carbocycles. The molecule has 4 nitrogen and oxygen atoms in total. The summed E-state index contributed by atoms with van der Waals surface area (Å²) in [5.41, 5.74) is 0.907. The molecule has 1 fully saturated rings. The Kier molecular flexibility index (Phi) is 4.15. The van der Waals surface area contributed by atoms with E-state index in [2.05, 4.69) is 4.90 Å². The van der Waals surface area contributed by atoms with E-state index < -0.39 is 5.97 Å². The summed E-state index contributed by atoms with van der Waals surface area (Å²) in [6.07, 6.45) is 2.01. The summed E-state index contributed by atoms with van der Waals surface area (Å²) >= 11 is 1.29. The van der Waals surface area contributed by atoms with Crippen molar-refractivity contribution >= 4 is 17.3 Å². The number of piperidine rings is 1. The van der Waals surface area contributed by atoms with Gasteiger partial charge in [-0.15, -0.1) is 11.3 Å². The second kappa shape index (κ2) is 5.62. The Morgan fingerprint density at radius 1 is 1.47 bits per heavy atom. The van der Waals surface area contributed by atoms with Crippen LogP contribution in [0, 0.1) is 5.92 Å². The zero-order valence-electron chi connectivity index (χ0n) is 9.63. The fraction of sp³-hybridized carbons (Fsp3) is 0.583. The lowest BCUT2D eigenvalue weighted by Gasteiger charge is -2.30. The molecule has 0 radical (unpaired) electrons. The van der Waals surface area contributed by atoms with Crippen LogP contribution in [-0.4, -0.2) is 40.8 Å². The average molecular weight is 255 g/mol. The first-order chi connectivity index (χ1) is 8.20. The Balaban J connectivity index is 1.93. The van der Waals surface area contributed by atoms with Crippen LogP contribution in [0.15, 0.2) is 11.4 Å². The van der Waals surface area contributed by atoms with Crippen molar-refractivity contribution < 1.29 is 15.0 Å². The molecule has 1 aromatic heterocycles. The van der Waals surface area contributed by atoms with Crippen molar-refractivity contribution in [3.63, 3.8) is 0 Å². The quantitative estimate of drug-likeness (QED) is 0.859. The van der Waals surface area contributed by atoms with Crippen LogP contribution in [0.2, 0.25) is 0 Å². The SMILES string of the molecule is O=C(O)c1sccc1CN1CCC(CO)CC1. The molecule has 0 atom stereocenters. The van der Waals surface area contributed by atoms with Crippen molar-refractivity contribution in [3.8, 4) is 0 Å². The molecule has 0 unspecified atom stereocenters. The van der Waals surface area contributed by atoms with E-state index in [4.69, 9.17) is 10.2 Å². The molecule has 2 rings (SSSR count). The lowest BCUT2D eigenvalue weighted by molar-refractivity contribution is 0.0699. The minimum absolute atomic E-state index is 0.271. The van der Waals surface area contributed by atoms with Gasteiger partial charge in [-0.25, -0.2) is 4.79 Å². The maximum absolute atomic E-state index is 11.0. The smallest absolute Gasteiger partial charge is 0.346 e. The molecular formula is C12H17NO3S. The van der Waals surface area contributed by atoms with Crippen LogP contribution in [0.25, 0.3) is 0 Å². The van der Waals surface area contributed by atoms with Gasteiger partial charge in [0.2, 0.25) is 0 Å². The summed E-state index contributed by atoms with van der Waals surface area (Å²) in [5, 5.41) is 19.9. The zero-order valence-corrected chi connectivity index (χ0v) is 10.4. The topological polar surface area (TPSA) is 60.8 Å². The highest BCUT2D eigenvalue weighted by molar-refractivity contribution is 7.12. The highest BCUT2D eigenvalue weighted by atomic mass is 32.1. The van der Waals surface area contributed by atoms with Gasteiger partial charge in [0.05, 0.1) is 0 Å². The number of hydrogen-bond acceptors (Lipinski definition) is 4. The van der Waals surface area contributed by atoms with Crippen molar-refractivity contribution in [2.24, 2.45) is 5.92 Å². The maximum Gasteiger partial charge on any atom is 0.346 e. The summed E-state index contributed by atoms with van der Waals surface area (Å²) in [5.74, 6) is -0.409. The van der Waals surface area contributed by atoms with Crippen LogP contribution in [-0.2, 0) is 6.54 Å².